The first-order valence-corrected chi connectivity index (χ1v) is 13.2. The van der Waals surface area contributed by atoms with Gasteiger partial charge in [-0.3, -0.25) is 0 Å². The van der Waals surface area contributed by atoms with E-state index in [2.05, 4.69) is 34.9 Å². The van der Waals surface area contributed by atoms with Crippen molar-refractivity contribution in [1.29, 1.82) is 0 Å². The Kier molecular flexibility index (Phi) is 6.86. The first kappa shape index (κ1) is 22.7. The van der Waals surface area contributed by atoms with Crippen molar-refractivity contribution in [3.63, 3.8) is 0 Å². The van der Waals surface area contributed by atoms with Crippen LogP contribution in [0.15, 0.2) is 48.5 Å². The minimum absolute atomic E-state index is 0.570. The van der Waals surface area contributed by atoms with E-state index in [1.807, 2.05) is 24.3 Å². The molecule has 2 N–H and O–H groups in total. The average Bonchev–Trinajstić information content (AvgIpc) is 2.76. The second-order valence-electron chi connectivity index (χ2n) is 11.0. The van der Waals surface area contributed by atoms with Crippen LogP contribution >= 0.6 is 23.2 Å². The molecule has 6 rings (SSSR count). The number of nitrogens with one attached hydrogen (secondary N) is 2. The monoisotopic (exact) mass is 470 g/mol. The van der Waals surface area contributed by atoms with E-state index in [0.29, 0.717) is 10.8 Å². The summed E-state index contributed by atoms with van der Waals surface area (Å²) < 4.78 is 0. The molecule has 0 unspecified atom stereocenters. The Morgan fingerprint density at radius 2 is 1.12 bits per heavy atom. The van der Waals surface area contributed by atoms with Crippen LogP contribution in [-0.4, -0.2) is 13.1 Å². The largest absolute Gasteiger partial charge is 0.313 e. The zero-order chi connectivity index (χ0) is 22.0. The number of benzene rings is 2. The third-order valence-corrected chi connectivity index (χ3v) is 9.25. The molecule has 4 saturated carbocycles. The van der Waals surface area contributed by atoms with Crippen molar-refractivity contribution in [2.75, 3.05) is 13.1 Å². The number of rotatable bonds is 10. The first-order valence-electron chi connectivity index (χ1n) is 12.4. The van der Waals surface area contributed by atoms with Crippen LogP contribution in [0.4, 0.5) is 0 Å². The van der Waals surface area contributed by atoms with Gasteiger partial charge < -0.3 is 10.6 Å². The van der Waals surface area contributed by atoms with E-state index < -0.39 is 0 Å². The predicted octanol–water partition coefficient (Wildman–Crippen LogP) is 7.24. The third kappa shape index (κ3) is 5.04. The van der Waals surface area contributed by atoms with Crippen LogP contribution < -0.4 is 10.6 Å². The van der Waals surface area contributed by atoms with Crippen LogP contribution in [0.5, 0.6) is 0 Å². The normalized spacial score (nSPS) is 30.7. The van der Waals surface area contributed by atoms with Gasteiger partial charge in [-0.1, -0.05) is 59.6 Å². The van der Waals surface area contributed by atoms with Gasteiger partial charge in [0.25, 0.3) is 0 Å². The molecule has 32 heavy (non-hydrogen) atoms. The maximum Gasteiger partial charge on any atom is 0.0450 e. The van der Waals surface area contributed by atoms with Crippen molar-refractivity contribution in [2.24, 2.45) is 22.7 Å². The highest BCUT2D eigenvalue weighted by Gasteiger charge is 2.56. The summed E-state index contributed by atoms with van der Waals surface area (Å²) in [5, 5.41) is 9.14. The molecule has 172 valence electrons. The summed E-state index contributed by atoms with van der Waals surface area (Å²) >= 11 is 12.7. The third-order valence-electron chi connectivity index (χ3n) is 8.51. The molecule has 0 spiro atoms. The summed E-state index contributed by atoms with van der Waals surface area (Å²) in [7, 11) is 0. The smallest absolute Gasteiger partial charge is 0.0450 e. The molecule has 4 heteroatoms. The molecule has 2 aromatic rings. The summed E-state index contributed by atoms with van der Waals surface area (Å²) in [6, 6.07) is 16.4. The first-order chi connectivity index (χ1) is 15.5. The fraction of sp³-hybridized carbons (Fsp3) is 0.571. The molecular weight excluding hydrogens is 435 g/mol. The van der Waals surface area contributed by atoms with Crippen LogP contribution in [-0.2, 0) is 13.1 Å². The Labute approximate surface area is 203 Å². The minimum atomic E-state index is 0.570. The molecule has 4 aliphatic carbocycles. The molecule has 4 aliphatic rings. The van der Waals surface area contributed by atoms with Gasteiger partial charge in [0.05, 0.1) is 0 Å². The molecule has 0 atom stereocenters. The van der Waals surface area contributed by atoms with Crippen LogP contribution in [0, 0.1) is 22.7 Å². The molecular formula is C28H36Cl2N2. The van der Waals surface area contributed by atoms with Gasteiger partial charge in [-0.2, -0.15) is 0 Å². The van der Waals surface area contributed by atoms with E-state index in [-0.39, 0.29) is 0 Å². The lowest BCUT2D eigenvalue weighted by atomic mass is 9.43. The van der Waals surface area contributed by atoms with Crippen molar-refractivity contribution in [3.8, 4) is 0 Å². The van der Waals surface area contributed by atoms with Crippen molar-refractivity contribution < 1.29 is 0 Å². The summed E-state index contributed by atoms with van der Waals surface area (Å²) in [5.41, 5.74) is 3.56. The molecule has 2 nitrogen and oxygen atoms in total. The lowest BCUT2D eigenvalue weighted by Crippen LogP contribution is -2.53. The standard InChI is InChI=1S/C28H36Cl2N2/c29-25-7-3-1-5-23(25)18-31-11-9-27-14-21-13-22(15-27)17-28(16-21,20-27)10-12-32-19-24-6-2-4-8-26(24)30/h1-8,21-22,31-32H,9-20H2. The summed E-state index contributed by atoms with van der Waals surface area (Å²) in [6.45, 7) is 3.95. The van der Waals surface area contributed by atoms with E-state index in [4.69, 9.17) is 23.2 Å². The van der Waals surface area contributed by atoms with E-state index in [9.17, 15) is 0 Å². The van der Waals surface area contributed by atoms with Crippen molar-refractivity contribution in [1.82, 2.24) is 10.6 Å². The van der Waals surface area contributed by atoms with Gasteiger partial charge in [0.15, 0.2) is 0 Å². The molecule has 0 heterocycles. The topological polar surface area (TPSA) is 24.1 Å². The molecule has 0 amide bonds. The SMILES string of the molecule is Clc1ccccc1CNCCC12CC3CC(C1)CC(CCNCc1ccccc1Cl)(C3)C2. The van der Waals surface area contributed by atoms with Crippen LogP contribution in [0.25, 0.3) is 0 Å². The predicted molar refractivity (Wildman–Crippen MR) is 135 cm³/mol. The lowest BCUT2D eigenvalue weighted by Gasteiger charge is -2.63. The fourth-order valence-electron chi connectivity index (χ4n) is 7.67. The van der Waals surface area contributed by atoms with Crippen LogP contribution in [0.2, 0.25) is 10.0 Å². The summed E-state index contributed by atoms with van der Waals surface area (Å²) in [6.07, 6.45) is 11.4. The Hall–Kier alpha value is -1.06. The van der Waals surface area contributed by atoms with Crippen molar-refractivity contribution in [2.45, 2.75) is 64.5 Å². The Balaban J connectivity index is 1.14. The van der Waals surface area contributed by atoms with Gasteiger partial charge in [-0.15, -0.1) is 0 Å². The fourth-order valence-corrected chi connectivity index (χ4v) is 8.08. The van der Waals surface area contributed by atoms with Gasteiger partial charge >= 0.3 is 0 Å². The van der Waals surface area contributed by atoms with Crippen molar-refractivity contribution >= 4 is 23.2 Å². The Morgan fingerprint density at radius 1 is 0.688 bits per heavy atom. The highest BCUT2D eigenvalue weighted by atomic mass is 35.5. The Morgan fingerprint density at radius 3 is 1.56 bits per heavy atom. The Bertz CT molecular complexity index is 842. The van der Waals surface area contributed by atoms with E-state index >= 15 is 0 Å². The molecule has 0 aliphatic heterocycles. The average molecular weight is 472 g/mol. The van der Waals surface area contributed by atoms with Gasteiger partial charge in [0.1, 0.15) is 0 Å². The number of hydrogen-bond acceptors (Lipinski definition) is 2. The molecule has 0 radical (unpaired) electrons. The minimum Gasteiger partial charge on any atom is -0.313 e. The second kappa shape index (κ2) is 9.66. The molecule has 0 aromatic heterocycles. The summed E-state index contributed by atoms with van der Waals surface area (Å²) in [4.78, 5) is 0. The number of hydrogen-bond donors (Lipinski definition) is 2. The zero-order valence-electron chi connectivity index (χ0n) is 19.0. The molecule has 0 saturated heterocycles. The quantitative estimate of drug-likeness (QED) is 0.357. The van der Waals surface area contributed by atoms with E-state index in [0.717, 1.165) is 48.1 Å². The van der Waals surface area contributed by atoms with Gasteiger partial charge in [0, 0.05) is 23.1 Å². The van der Waals surface area contributed by atoms with E-state index in [1.54, 1.807) is 0 Å². The molecule has 4 fully saturated rings. The maximum atomic E-state index is 6.33. The van der Waals surface area contributed by atoms with E-state index in [1.165, 1.54) is 62.5 Å². The maximum absolute atomic E-state index is 6.33. The lowest BCUT2D eigenvalue weighted by molar-refractivity contribution is -0.116. The van der Waals surface area contributed by atoms with Crippen LogP contribution in [0.3, 0.4) is 0 Å². The molecule has 4 bridgehead atoms. The van der Waals surface area contributed by atoms with Gasteiger partial charge in [-0.25, -0.2) is 0 Å². The highest BCUT2D eigenvalue weighted by molar-refractivity contribution is 6.31. The van der Waals surface area contributed by atoms with Crippen molar-refractivity contribution in [3.05, 3.63) is 69.7 Å². The number of halogens is 2. The van der Waals surface area contributed by atoms with Gasteiger partial charge in [0.2, 0.25) is 0 Å². The second-order valence-corrected chi connectivity index (χ2v) is 11.8. The van der Waals surface area contributed by atoms with Crippen LogP contribution in [0.1, 0.15) is 62.5 Å². The highest BCUT2D eigenvalue weighted by Crippen LogP contribution is 2.67. The van der Waals surface area contributed by atoms with Gasteiger partial charge in [-0.05, 0) is 110 Å². The zero-order valence-corrected chi connectivity index (χ0v) is 20.5. The molecule has 2 aromatic carbocycles. The summed E-state index contributed by atoms with van der Waals surface area (Å²) in [5.74, 6) is 1.92.